The molecule has 0 aliphatic carbocycles. The Balaban J connectivity index is 3.00. The SMILES string of the molecule is [N-]=C=Cc1ccc(Cl)cc1. The van der Waals surface area contributed by atoms with E-state index in [1.54, 1.807) is 24.3 Å². The molecule has 0 spiro atoms. The van der Waals surface area contributed by atoms with Gasteiger partial charge < -0.3 is 5.41 Å². The zero-order chi connectivity index (χ0) is 7.40. The minimum Gasteiger partial charge on any atom is -0.763 e. The molecule has 0 amide bonds. The van der Waals surface area contributed by atoms with Gasteiger partial charge in [0.15, 0.2) is 0 Å². The molecule has 0 saturated heterocycles. The summed E-state index contributed by atoms with van der Waals surface area (Å²) >= 11 is 5.62. The van der Waals surface area contributed by atoms with Gasteiger partial charge >= 0.3 is 0 Å². The molecule has 0 N–H and O–H groups in total. The monoisotopic (exact) mass is 150 g/mol. The second kappa shape index (κ2) is 3.21. The van der Waals surface area contributed by atoms with Crippen LogP contribution in [0, 0.1) is 0 Å². The lowest BCUT2D eigenvalue weighted by Gasteiger charge is -1.90. The van der Waals surface area contributed by atoms with Gasteiger partial charge in [0.1, 0.15) is 0 Å². The van der Waals surface area contributed by atoms with Crippen LogP contribution in [0.4, 0.5) is 0 Å². The van der Waals surface area contributed by atoms with Crippen LogP contribution in [0.25, 0.3) is 11.5 Å². The first-order valence-electron chi connectivity index (χ1n) is 2.81. The molecule has 0 radical (unpaired) electrons. The molecule has 0 saturated carbocycles. The Labute approximate surface area is 64.5 Å². The van der Waals surface area contributed by atoms with Crippen molar-refractivity contribution >= 4 is 23.5 Å². The zero-order valence-corrected chi connectivity index (χ0v) is 5.97. The minimum atomic E-state index is 0.690. The van der Waals surface area contributed by atoms with Crippen molar-refractivity contribution in [3.8, 4) is 0 Å². The molecule has 1 aromatic carbocycles. The number of rotatable bonds is 1. The largest absolute Gasteiger partial charge is 0.763 e. The summed E-state index contributed by atoms with van der Waals surface area (Å²) in [5.41, 5.74) is 0.881. The van der Waals surface area contributed by atoms with Crippen molar-refractivity contribution in [3.05, 3.63) is 40.3 Å². The van der Waals surface area contributed by atoms with Crippen LogP contribution in [0.1, 0.15) is 5.56 Å². The summed E-state index contributed by atoms with van der Waals surface area (Å²) in [5, 5.41) is 8.94. The fourth-order valence-corrected chi connectivity index (χ4v) is 0.760. The predicted molar refractivity (Wildman–Crippen MR) is 44.3 cm³/mol. The molecule has 0 bridgehead atoms. The van der Waals surface area contributed by atoms with Crippen LogP contribution in [-0.2, 0) is 0 Å². The van der Waals surface area contributed by atoms with Crippen LogP contribution >= 0.6 is 11.6 Å². The van der Waals surface area contributed by atoms with Gasteiger partial charge in [-0.05, 0) is 23.8 Å². The highest BCUT2D eigenvalue weighted by atomic mass is 35.5. The van der Waals surface area contributed by atoms with Gasteiger partial charge in [-0.2, -0.15) is 0 Å². The Bertz CT molecular complexity index is 257. The second-order valence-electron chi connectivity index (χ2n) is 1.82. The highest BCUT2D eigenvalue weighted by Crippen LogP contribution is 2.09. The normalized spacial score (nSPS) is 8.50. The summed E-state index contributed by atoms with van der Waals surface area (Å²) in [4.78, 5) is 0. The van der Waals surface area contributed by atoms with Gasteiger partial charge in [-0.25, -0.2) is 0 Å². The van der Waals surface area contributed by atoms with E-state index >= 15 is 0 Å². The van der Waals surface area contributed by atoms with E-state index < -0.39 is 0 Å². The Kier molecular flexibility index (Phi) is 2.27. The Morgan fingerprint density at radius 2 is 1.90 bits per heavy atom. The van der Waals surface area contributed by atoms with Gasteiger partial charge in [-0.1, -0.05) is 23.7 Å². The third kappa shape index (κ3) is 1.73. The minimum absolute atomic E-state index is 0.690. The van der Waals surface area contributed by atoms with Crippen molar-refractivity contribution in [1.29, 1.82) is 0 Å². The quantitative estimate of drug-likeness (QED) is 0.550. The summed E-state index contributed by atoms with van der Waals surface area (Å²) in [6.07, 6.45) is 1.47. The maximum atomic E-state index is 8.25. The lowest BCUT2D eigenvalue weighted by Crippen LogP contribution is -1.68. The smallest absolute Gasteiger partial charge is 0.0406 e. The summed E-state index contributed by atoms with van der Waals surface area (Å²) in [6.45, 7) is 0. The first kappa shape index (κ1) is 7.07. The molecule has 2 heteroatoms. The third-order valence-corrected chi connectivity index (χ3v) is 1.35. The molecule has 0 aliphatic rings. The van der Waals surface area contributed by atoms with Crippen molar-refractivity contribution in [2.45, 2.75) is 0 Å². The Morgan fingerprint density at radius 3 is 2.40 bits per heavy atom. The van der Waals surface area contributed by atoms with E-state index in [0.29, 0.717) is 5.02 Å². The maximum absolute atomic E-state index is 8.25. The van der Waals surface area contributed by atoms with E-state index in [4.69, 9.17) is 17.0 Å². The molecular weight excluding hydrogens is 146 g/mol. The number of halogens is 1. The van der Waals surface area contributed by atoms with Crippen molar-refractivity contribution in [2.75, 3.05) is 0 Å². The van der Waals surface area contributed by atoms with Gasteiger partial charge in [0.2, 0.25) is 0 Å². The van der Waals surface area contributed by atoms with Crippen molar-refractivity contribution < 1.29 is 0 Å². The van der Waals surface area contributed by atoms with E-state index in [2.05, 4.69) is 0 Å². The Morgan fingerprint density at radius 1 is 1.30 bits per heavy atom. The molecule has 1 rings (SSSR count). The van der Waals surface area contributed by atoms with Crippen LogP contribution in [-0.4, -0.2) is 5.87 Å². The second-order valence-corrected chi connectivity index (χ2v) is 2.26. The number of nitrogens with zero attached hydrogens (tertiary/aromatic N) is 1. The molecule has 0 atom stereocenters. The molecule has 50 valence electrons. The highest BCUT2D eigenvalue weighted by molar-refractivity contribution is 6.30. The fourth-order valence-electron chi connectivity index (χ4n) is 0.634. The number of hydrogen-bond acceptors (Lipinski definition) is 0. The molecule has 0 heterocycles. The lowest BCUT2D eigenvalue weighted by molar-refractivity contribution is 1.67. The Hall–Kier alpha value is -1.04. The average Bonchev–Trinajstić information content (AvgIpc) is 1.95. The summed E-state index contributed by atoms with van der Waals surface area (Å²) in [7, 11) is 0. The lowest BCUT2D eigenvalue weighted by atomic mass is 10.2. The topological polar surface area (TPSA) is 22.3 Å². The third-order valence-electron chi connectivity index (χ3n) is 1.10. The predicted octanol–water partition coefficient (Wildman–Crippen LogP) is 2.59. The molecule has 0 unspecified atom stereocenters. The van der Waals surface area contributed by atoms with E-state index in [1.807, 2.05) is 5.87 Å². The van der Waals surface area contributed by atoms with Crippen LogP contribution < -0.4 is 0 Å². The van der Waals surface area contributed by atoms with E-state index in [0.717, 1.165) is 5.56 Å². The van der Waals surface area contributed by atoms with E-state index in [-0.39, 0.29) is 0 Å². The zero-order valence-electron chi connectivity index (χ0n) is 5.21. The molecular formula is C8H5ClN-. The van der Waals surface area contributed by atoms with Crippen LogP contribution in [0.5, 0.6) is 0 Å². The van der Waals surface area contributed by atoms with Gasteiger partial charge in [-0.15, -0.1) is 0 Å². The van der Waals surface area contributed by atoms with Gasteiger partial charge in [-0.3, -0.25) is 5.87 Å². The molecule has 10 heavy (non-hydrogen) atoms. The van der Waals surface area contributed by atoms with Crippen LogP contribution in [0.3, 0.4) is 0 Å². The summed E-state index contributed by atoms with van der Waals surface area (Å²) < 4.78 is 0. The molecule has 1 nitrogen and oxygen atoms in total. The highest BCUT2D eigenvalue weighted by Gasteiger charge is 1.84. The number of hydrogen-bond donors (Lipinski definition) is 0. The summed E-state index contributed by atoms with van der Waals surface area (Å²) in [5.74, 6) is 1.94. The molecule has 0 aromatic heterocycles. The van der Waals surface area contributed by atoms with Crippen molar-refractivity contribution in [1.82, 2.24) is 0 Å². The standard InChI is InChI=1S/C8H5ClN/c9-8-3-1-7(2-4-8)5-6-10/h1-5H/q-1. The van der Waals surface area contributed by atoms with E-state index in [1.165, 1.54) is 6.08 Å². The average molecular weight is 151 g/mol. The van der Waals surface area contributed by atoms with Gasteiger partial charge in [0.25, 0.3) is 0 Å². The fraction of sp³-hybridized carbons (Fsp3) is 0. The maximum Gasteiger partial charge on any atom is 0.0406 e. The molecule has 1 aromatic rings. The number of benzene rings is 1. The van der Waals surface area contributed by atoms with Crippen molar-refractivity contribution in [2.24, 2.45) is 0 Å². The van der Waals surface area contributed by atoms with Gasteiger partial charge in [0.05, 0.1) is 0 Å². The first-order chi connectivity index (χ1) is 4.83. The van der Waals surface area contributed by atoms with Crippen LogP contribution in [0.2, 0.25) is 5.02 Å². The first-order valence-corrected chi connectivity index (χ1v) is 3.19. The summed E-state index contributed by atoms with van der Waals surface area (Å²) in [6, 6.07) is 7.10. The molecule has 0 aliphatic heterocycles. The van der Waals surface area contributed by atoms with Crippen molar-refractivity contribution in [3.63, 3.8) is 0 Å². The molecule has 0 fully saturated rings. The van der Waals surface area contributed by atoms with Crippen LogP contribution in [0.15, 0.2) is 24.3 Å². The van der Waals surface area contributed by atoms with E-state index in [9.17, 15) is 0 Å². The van der Waals surface area contributed by atoms with Gasteiger partial charge in [0, 0.05) is 5.02 Å².